The van der Waals surface area contributed by atoms with Crippen LogP contribution in [0.25, 0.3) is 0 Å². The summed E-state index contributed by atoms with van der Waals surface area (Å²) in [6.45, 7) is 3.58. The third-order valence-electron chi connectivity index (χ3n) is 2.43. The van der Waals surface area contributed by atoms with E-state index >= 15 is 0 Å². The number of rotatable bonds is 3. The van der Waals surface area contributed by atoms with Gasteiger partial charge in [0.1, 0.15) is 5.92 Å². The summed E-state index contributed by atoms with van der Waals surface area (Å²) in [4.78, 5) is 15.6. The van der Waals surface area contributed by atoms with Crippen molar-refractivity contribution in [2.45, 2.75) is 0 Å². The van der Waals surface area contributed by atoms with E-state index in [0.29, 0.717) is 19.6 Å². The number of piperazine rings is 1. The van der Waals surface area contributed by atoms with Gasteiger partial charge in [-0.1, -0.05) is 0 Å². The van der Waals surface area contributed by atoms with Gasteiger partial charge < -0.3 is 15.1 Å². The topological polar surface area (TPSA) is 59.4 Å². The molecule has 1 unspecified atom stereocenters. The Morgan fingerprint density at radius 1 is 1.53 bits per heavy atom. The minimum Gasteiger partial charge on any atom is -0.339 e. The van der Waals surface area contributed by atoms with Gasteiger partial charge in [0.05, 0.1) is 6.07 Å². The van der Waals surface area contributed by atoms with E-state index in [9.17, 15) is 4.79 Å². The quantitative estimate of drug-likeness (QED) is 0.657. The first-order chi connectivity index (χ1) is 7.15. The van der Waals surface area contributed by atoms with Crippen molar-refractivity contribution in [3.63, 3.8) is 0 Å². The summed E-state index contributed by atoms with van der Waals surface area (Å²) in [6, 6.07) is 2.08. The number of nitriles is 1. The van der Waals surface area contributed by atoms with Gasteiger partial charge in [0.2, 0.25) is 5.91 Å². The van der Waals surface area contributed by atoms with E-state index in [0.717, 1.165) is 13.1 Å². The Morgan fingerprint density at radius 2 is 2.13 bits per heavy atom. The highest BCUT2D eigenvalue weighted by Crippen LogP contribution is 2.04. The van der Waals surface area contributed by atoms with Crippen molar-refractivity contribution in [3.8, 4) is 6.07 Å². The number of hydrogen-bond acceptors (Lipinski definition) is 4. The summed E-state index contributed by atoms with van der Waals surface area (Å²) in [5.41, 5.74) is 0. The van der Waals surface area contributed by atoms with Crippen LogP contribution in [0.5, 0.6) is 0 Å². The Hall–Kier alpha value is -1.12. The molecule has 0 spiro atoms. The van der Waals surface area contributed by atoms with E-state index in [-0.39, 0.29) is 5.91 Å². The van der Waals surface area contributed by atoms with Crippen molar-refractivity contribution < 1.29 is 4.79 Å². The second kappa shape index (κ2) is 5.69. The summed E-state index contributed by atoms with van der Waals surface area (Å²) >= 11 is 0. The third-order valence-corrected chi connectivity index (χ3v) is 2.43. The molecular weight excluding hydrogens is 192 g/mol. The molecule has 1 heterocycles. The molecule has 0 aliphatic carbocycles. The maximum absolute atomic E-state index is 11.9. The van der Waals surface area contributed by atoms with E-state index in [1.54, 1.807) is 4.90 Å². The Morgan fingerprint density at radius 3 is 2.60 bits per heavy atom. The zero-order valence-electron chi connectivity index (χ0n) is 9.36. The molecule has 0 radical (unpaired) electrons. The monoisotopic (exact) mass is 210 g/mol. The molecular formula is C10H18N4O. The first-order valence-corrected chi connectivity index (χ1v) is 5.19. The van der Waals surface area contributed by atoms with E-state index in [2.05, 4.69) is 11.4 Å². The molecule has 1 aliphatic rings. The molecule has 0 aromatic rings. The van der Waals surface area contributed by atoms with Crippen molar-refractivity contribution in [1.29, 1.82) is 5.26 Å². The largest absolute Gasteiger partial charge is 0.339 e. The van der Waals surface area contributed by atoms with Crippen LogP contribution in [0.4, 0.5) is 0 Å². The zero-order valence-corrected chi connectivity index (χ0v) is 9.36. The van der Waals surface area contributed by atoms with Crippen LogP contribution >= 0.6 is 0 Å². The minimum atomic E-state index is -0.530. The molecule has 15 heavy (non-hydrogen) atoms. The minimum absolute atomic E-state index is 0.0345. The highest BCUT2D eigenvalue weighted by atomic mass is 16.2. The Bertz CT molecular complexity index is 253. The van der Waals surface area contributed by atoms with Crippen LogP contribution in [-0.4, -0.2) is 62.5 Å². The number of carbonyl (C=O) groups excluding carboxylic acids is 1. The fraction of sp³-hybridized carbons (Fsp3) is 0.800. The lowest BCUT2D eigenvalue weighted by Crippen LogP contribution is -2.49. The average molecular weight is 210 g/mol. The smallest absolute Gasteiger partial charge is 0.241 e. The van der Waals surface area contributed by atoms with Gasteiger partial charge >= 0.3 is 0 Å². The van der Waals surface area contributed by atoms with Crippen LogP contribution in [0.3, 0.4) is 0 Å². The van der Waals surface area contributed by atoms with E-state index in [1.807, 2.05) is 19.0 Å². The van der Waals surface area contributed by atoms with Gasteiger partial charge in [-0.2, -0.15) is 5.26 Å². The van der Waals surface area contributed by atoms with Gasteiger partial charge in [0.15, 0.2) is 0 Å². The fourth-order valence-corrected chi connectivity index (χ4v) is 1.64. The standard InChI is InChI=1S/C10H18N4O/c1-13(2)8-9(7-11)10(15)14-5-3-12-4-6-14/h9,12H,3-6,8H2,1-2H3. The molecule has 1 N–H and O–H groups in total. The summed E-state index contributed by atoms with van der Waals surface area (Å²) in [7, 11) is 3.74. The van der Waals surface area contributed by atoms with Gasteiger partial charge in [-0.3, -0.25) is 4.79 Å². The van der Waals surface area contributed by atoms with Gasteiger partial charge in [-0.25, -0.2) is 0 Å². The normalized spacial score (nSPS) is 18.7. The van der Waals surface area contributed by atoms with Crippen molar-refractivity contribution in [2.24, 2.45) is 5.92 Å². The first-order valence-electron chi connectivity index (χ1n) is 5.19. The zero-order chi connectivity index (χ0) is 11.3. The highest BCUT2D eigenvalue weighted by molar-refractivity contribution is 5.81. The highest BCUT2D eigenvalue weighted by Gasteiger charge is 2.25. The maximum Gasteiger partial charge on any atom is 0.241 e. The molecule has 1 fully saturated rings. The second-order valence-corrected chi connectivity index (χ2v) is 4.02. The number of amides is 1. The molecule has 84 valence electrons. The predicted molar refractivity (Wildman–Crippen MR) is 57.1 cm³/mol. The van der Waals surface area contributed by atoms with Gasteiger partial charge in [-0.05, 0) is 14.1 Å². The molecule has 0 aromatic carbocycles. The Kier molecular flexibility index (Phi) is 4.53. The number of nitrogens with zero attached hydrogens (tertiary/aromatic N) is 3. The molecule has 5 nitrogen and oxygen atoms in total. The van der Waals surface area contributed by atoms with Crippen molar-refractivity contribution in [2.75, 3.05) is 46.8 Å². The molecule has 1 rings (SSSR count). The number of hydrogen-bond donors (Lipinski definition) is 1. The van der Waals surface area contributed by atoms with Crippen LogP contribution in [0.1, 0.15) is 0 Å². The van der Waals surface area contributed by atoms with Crippen LogP contribution in [0.15, 0.2) is 0 Å². The lowest BCUT2D eigenvalue weighted by molar-refractivity contribution is -0.134. The van der Waals surface area contributed by atoms with Gasteiger partial charge in [-0.15, -0.1) is 0 Å². The van der Waals surface area contributed by atoms with Gasteiger partial charge in [0, 0.05) is 32.7 Å². The molecule has 0 aromatic heterocycles. The van der Waals surface area contributed by atoms with Crippen molar-refractivity contribution >= 4 is 5.91 Å². The lowest BCUT2D eigenvalue weighted by Gasteiger charge is -2.29. The SMILES string of the molecule is CN(C)CC(C#N)C(=O)N1CCNCC1. The Labute approximate surface area is 90.6 Å². The molecule has 1 aliphatic heterocycles. The average Bonchev–Trinajstić information content (AvgIpc) is 2.26. The first kappa shape index (κ1) is 12.0. The molecule has 1 amide bonds. The van der Waals surface area contributed by atoms with Crippen molar-refractivity contribution in [3.05, 3.63) is 0 Å². The summed E-state index contributed by atoms with van der Waals surface area (Å²) in [5, 5.41) is 12.1. The maximum atomic E-state index is 11.9. The van der Waals surface area contributed by atoms with Gasteiger partial charge in [0.25, 0.3) is 0 Å². The summed E-state index contributed by atoms with van der Waals surface area (Å²) in [5.74, 6) is -0.564. The Balaban J connectivity index is 2.52. The van der Waals surface area contributed by atoms with E-state index < -0.39 is 5.92 Å². The molecule has 1 atom stereocenters. The van der Waals surface area contributed by atoms with Crippen LogP contribution < -0.4 is 5.32 Å². The van der Waals surface area contributed by atoms with Crippen LogP contribution in [0.2, 0.25) is 0 Å². The van der Waals surface area contributed by atoms with Crippen LogP contribution in [0, 0.1) is 17.2 Å². The second-order valence-electron chi connectivity index (χ2n) is 4.02. The third kappa shape index (κ3) is 3.50. The lowest BCUT2D eigenvalue weighted by atomic mass is 10.1. The number of carbonyl (C=O) groups is 1. The molecule has 5 heteroatoms. The number of nitrogens with one attached hydrogen (secondary N) is 1. The van der Waals surface area contributed by atoms with E-state index in [1.165, 1.54) is 0 Å². The fourth-order valence-electron chi connectivity index (χ4n) is 1.64. The van der Waals surface area contributed by atoms with Crippen molar-refractivity contribution in [1.82, 2.24) is 15.1 Å². The predicted octanol–water partition coefficient (Wildman–Crippen LogP) is -0.880. The molecule has 1 saturated heterocycles. The molecule has 0 saturated carbocycles. The molecule has 0 bridgehead atoms. The summed E-state index contributed by atoms with van der Waals surface area (Å²) < 4.78 is 0. The summed E-state index contributed by atoms with van der Waals surface area (Å²) in [6.07, 6.45) is 0. The van der Waals surface area contributed by atoms with Crippen LogP contribution in [-0.2, 0) is 4.79 Å². The van der Waals surface area contributed by atoms with E-state index in [4.69, 9.17) is 5.26 Å².